The van der Waals surface area contributed by atoms with Gasteiger partial charge in [0, 0.05) is 7.05 Å². The van der Waals surface area contributed by atoms with Crippen molar-refractivity contribution in [1.82, 2.24) is 15.1 Å². The summed E-state index contributed by atoms with van der Waals surface area (Å²) in [6.45, 7) is 1.59. The largest absolute Gasteiger partial charge is 0.493 e. The van der Waals surface area contributed by atoms with Gasteiger partial charge in [0.15, 0.2) is 18.1 Å². The molecule has 1 aliphatic rings. The summed E-state index contributed by atoms with van der Waals surface area (Å²) in [4.78, 5) is 26.1. The number of hydrogen-bond acceptors (Lipinski definition) is 9. The zero-order chi connectivity index (χ0) is 20.3. The van der Waals surface area contributed by atoms with Gasteiger partial charge in [-0.25, -0.2) is 0 Å². The lowest BCUT2D eigenvalue weighted by Crippen LogP contribution is -2.22. The number of anilines is 1. The van der Waals surface area contributed by atoms with Gasteiger partial charge in [-0.2, -0.15) is 0 Å². The number of rotatable bonds is 6. The highest BCUT2D eigenvalue weighted by molar-refractivity contribution is 8.26. The van der Waals surface area contributed by atoms with Crippen molar-refractivity contribution in [2.75, 3.05) is 26.1 Å². The number of thiocarbonyl (C=S) groups is 1. The Balaban J connectivity index is 1.67. The Morgan fingerprint density at radius 2 is 2.14 bits per heavy atom. The molecule has 0 saturated carbocycles. The predicted octanol–water partition coefficient (Wildman–Crippen LogP) is 2.70. The van der Waals surface area contributed by atoms with Crippen molar-refractivity contribution < 1.29 is 19.1 Å². The summed E-state index contributed by atoms with van der Waals surface area (Å²) in [5.41, 5.74) is 0.756. The highest BCUT2D eigenvalue weighted by Gasteiger charge is 2.28. The van der Waals surface area contributed by atoms with Crippen LogP contribution in [0.4, 0.5) is 5.13 Å². The van der Waals surface area contributed by atoms with E-state index < -0.39 is 0 Å². The minimum Gasteiger partial charge on any atom is -0.493 e. The fraction of sp³-hybridized carbons (Fsp3) is 0.235. The van der Waals surface area contributed by atoms with E-state index in [2.05, 4.69) is 15.5 Å². The van der Waals surface area contributed by atoms with E-state index in [4.69, 9.17) is 21.7 Å². The number of hydrogen-bond donors (Lipinski definition) is 1. The molecule has 0 spiro atoms. The van der Waals surface area contributed by atoms with Crippen LogP contribution < -0.4 is 14.8 Å². The Kier molecular flexibility index (Phi) is 6.27. The number of nitrogens with one attached hydrogen (secondary N) is 1. The predicted molar refractivity (Wildman–Crippen MR) is 113 cm³/mol. The third-order valence-electron chi connectivity index (χ3n) is 3.60. The van der Waals surface area contributed by atoms with Crippen LogP contribution in [-0.2, 0) is 9.59 Å². The summed E-state index contributed by atoms with van der Waals surface area (Å²) in [5, 5.41) is 11.5. The van der Waals surface area contributed by atoms with Gasteiger partial charge in [0.2, 0.25) is 5.13 Å². The van der Waals surface area contributed by atoms with Crippen molar-refractivity contribution in [1.29, 1.82) is 0 Å². The van der Waals surface area contributed by atoms with Crippen molar-refractivity contribution in [2.45, 2.75) is 6.92 Å². The van der Waals surface area contributed by atoms with Gasteiger partial charge in [-0.05, 0) is 30.7 Å². The maximum atomic E-state index is 12.1. The quantitative estimate of drug-likeness (QED) is 0.546. The van der Waals surface area contributed by atoms with Crippen LogP contribution >= 0.6 is 35.3 Å². The fourth-order valence-corrected chi connectivity index (χ4v) is 4.02. The molecule has 3 rings (SSSR count). The maximum Gasteiger partial charge on any atom is 0.265 e. The molecule has 1 aromatic carbocycles. The first kappa shape index (κ1) is 20.2. The molecule has 0 bridgehead atoms. The summed E-state index contributed by atoms with van der Waals surface area (Å²) in [6.07, 6.45) is 1.74. The van der Waals surface area contributed by atoms with Crippen LogP contribution in [0.3, 0.4) is 0 Å². The fourth-order valence-electron chi connectivity index (χ4n) is 2.24. The van der Waals surface area contributed by atoms with Crippen LogP contribution in [0.25, 0.3) is 6.08 Å². The van der Waals surface area contributed by atoms with Crippen LogP contribution in [0.2, 0.25) is 0 Å². The average Bonchev–Trinajstić information content (AvgIpc) is 3.18. The van der Waals surface area contributed by atoms with Crippen molar-refractivity contribution >= 4 is 62.7 Å². The molecule has 1 aliphatic heterocycles. The molecule has 11 heteroatoms. The van der Waals surface area contributed by atoms with E-state index in [9.17, 15) is 9.59 Å². The maximum absolute atomic E-state index is 12.1. The smallest absolute Gasteiger partial charge is 0.265 e. The summed E-state index contributed by atoms with van der Waals surface area (Å²) in [5.74, 6) is 0.360. The number of amides is 2. The molecule has 1 saturated heterocycles. The minimum absolute atomic E-state index is 0.141. The average molecular weight is 437 g/mol. The Morgan fingerprint density at radius 1 is 1.36 bits per heavy atom. The second kappa shape index (κ2) is 8.67. The number of likely N-dealkylation sites (N-methyl/N-ethyl adjacent to an activating group) is 1. The van der Waals surface area contributed by atoms with E-state index in [0.717, 1.165) is 10.6 Å². The van der Waals surface area contributed by atoms with Crippen LogP contribution in [0.5, 0.6) is 11.5 Å². The first-order valence-corrected chi connectivity index (χ1v) is 10.0. The number of aryl methyl sites for hydroxylation is 1. The number of thioether (sulfide) groups is 1. The second-order valence-electron chi connectivity index (χ2n) is 5.61. The number of methoxy groups -OCH3 is 1. The van der Waals surface area contributed by atoms with Crippen LogP contribution in [0.1, 0.15) is 10.6 Å². The van der Waals surface area contributed by atoms with Gasteiger partial charge in [0.1, 0.15) is 9.33 Å². The van der Waals surface area contributed by atoms with Gasteiger partial charge in [-0.3, -0.25) is 19.8 Å². The second-order valence-corrected chi connectivity index (χ2v) is 8.47. The van der Waals surface area contributed by atoms with Crippen molar-refractivity contribution in [3.8, 4) is 11.5 Å². The molecule has 1 N–H and O–H groups in total. The van der Waals surface area contributed by atoms with Gasteiger partial charge >= 0.3 is 0 Å². The molecule has 0 aliphatic carbocycles. The topological polar surface area (TPSA) is 93.6 Å². The number of nitrogens with zero attached hydrogens (tertiary/aromatic N) is 3. The lowest BCUT2D eigenvalue weighted by Gasteiger charge is -2.11. The number of carbonyl (C=O) groups excluding carboxylic acids is 2. The van der Waals surface area contributed by atoms with Crippen LogP contribution in [0.15, 0.2) is 23.1 Å². The minimum atomic E-state index is -0.353. The Hall–Kier alpha value is -2.50. The molecule has 8 nitrogen and oxygen atoms in total. The molecule has 0 unspecified atom stereocenters. The highest BCUT2D eigenvalue weighted by Crippen LogP contribution is 2.34. The lowest BCUT2D eigenvalue weighted by atomic mass is 10.2. The van der Waals surface area contributed by atoms with E-state index in [1.54, 1.807) is 38.2 Å². The highest BCUT2D eigenvalue weighted by atomic mass is 32.2. The van der Waals surface area contributed by atoms with Gasteiger partial charge in [-0.15, -0.1) is 10.2 Å². The van der Waals surface area contributed by atoms with Gasteiger partial charge in [-0.1, -0.05) is 41.4 Å². The van der Waals surface area contributed by atoms with Crippen LogP contribution in [0, 0.1) is 6.92 Å². The molecule has 0 radical (unpaired) electrons. The summed E-state index contributed by atoms with van der Waals surface area (Å²) in [7, 11) is 3.14. The molecule has 2 heterocycles. The third-order valence-corrected chi connectivity index (χ3v) is 5.84. The lowest BCUT2D eigenvalue weighted by molar-refractivity contribution is -0.121. The van der Waals surface area contributed by atoms with Gasteiger partial charge in [0.05, 0.1) is 12.0 Å². The summed E-state index contributed by atoms with van der Waals surface area (Å²) in [6, 6.07) is 5.18. The molecule has 1 fully saturated rings. The van der Waals surface area contributed by atoms with Gasteiger partial charge < -0.3 is 9.47 Å². The molecule has 2 amide bonds. The first-order valence-electron chi connectivity index (χ1n) is 7.99. The molecule has 1 aromatic heterocycles. The van der Waals surface area contributed by atoms with Crippen molar-refractivity contribution in [3.05, 3.63) is 33.7 Å². The molecule has 0 atom stereocenters. The van der Waals surface area contributed by atoms with E-state index in [1.807, 2.05) is 0 Å². The van der Waals surface area contributed by atoms with E-state index in [0.29, 0.717) is 25.9 Å². The number of ether oxygens (including phenoxy) is 2. The molecule has 28 heavy (non-hydrogen) atoms. The zero-order valence-electron chi connectivity index (χ0n) is 15.2. The number of benzene rings is 1. The number of aromatic nitrogens is 2. The Morgan fingerprint density at radius 3 is 2.75 bits per heavy atom. The SMILES string of the molecule is COc1cc(/C=C2\SC(=S)N(C)C2=O)ccc1OCC(=O)Nc1nnc(C)s1. The molecular weight excluding hydrogens is 420 g/mol. The van der Waals surface area contributed by atoms with Crippen molar-refractivity contribution in [2.24, 2.45) is 0 Å². The molecule has 146 valence electrons. The van der Waals surface area contributed by atoms with E-state index in [-0.39, 0.29) is 18.4 Å². The van der Waals surface area contributed by atoms with Crippen molar-refractivity contribution in [3.63, 3.8) is 0 Å². The standard InChI is InChI=1S/C17H16N4O4S3/c1-9-19-20-16(27-9)18-14(22)8-25-11-5-4-10(6-12(11)24-3)7-13-15(23)21(2)17(26)28-13/h4-7H,8H2,1-3H3,(H,18,20,22)/b13-7-. The monoisotopic (exact) mass is 436 g/mol. The normalized spacial score (nSPS) is 15.2. The van der Waals surface area contributed by atoms with E-state index >= 15 is 0 Å². The zero-order valence-corrected chi connectivity index (χ0v) is 17.7. The molecule has 2 aromatic rings. The first-order chi connectivity index (χ1) is 13.4. The van der Waals surface area contributed by atoms with Crippen LogP contribution in [-0.4, -0.2) is 52.0 Å². The van der Waals surface area contributed by atoms with Gasteiger partial charge in [0.25, 0.3) is 11.8 Å². The molecular formula is C17H16N4O4S3. The Labute approximate surface area is 174 Å². The summed E-state index contributed by atoms with van der Waals surface area (Å²) >= 11 is 7.65. The van der Waals surface area contributed by atoms with E-state index in [1.165, 1.54) is 35.1 Å². The third kappa shape index (κ3) is 4.66. The Bertz CT molecular complexity index is 973. The summed E-state index contributed by atoms with van der Waals surface area (Å²) < 4.78 is 11.4. The number of carbonyl (C=O) groups is 2.